The van der Waals surface area contributed by atoms with Gasteiger partial charge in [0.2, 0.25) is 0 Å². The van der Waals surface area contributed by atoms with Crippen molar-refractivity contribution in [2.75, 3.05) is 0 Å². The van der Waals surface area contributed by atoms with E-state index in [1.165, 1.54) is 11.3 Å². The van der Waals surface area contributed by atoms with Crippen LogP contribution in [0.25, 0.3) is 0 Å². The van der Waals surface area contributed by atoms with E-state index in [0.717, 1.165) is 11.8 Å². The minimum absolute atomic E-state index is 0.631. The summed E-state index contributed by atoms with van der Waals surface area (Å²) in [6.45, 7) is 1.94. The number of carbonyl (C=O) groups excluding carboxylic acids is 1. The van der Waals surface area contributed by atoms with Crippen molar-refractivity contribution in [3.8, 4) is 11.5 Å². The first kappa shape index (κ1) is 11.2. The molecule has 2 aromatic rings. The van der Waals surface area contributed by atoms with Crippen molar-refractivity contribution in [1.29, 1.82) is 0 Å². The Balaban J connectivity index is 2.26. The van der Waals surface area contributed by atoms with Crippen LogP contribution in [-0.2, 0) is 0 Å². The third-order valence-electron chi connectivity index (χ3n) is 2.09. The zero-order valence-electron chi connectivity index (χ0n) is 8.57. The van der Waals surface area contributed by atoms with Gasteiger partial charge < -0.3 is 4.74 Å². The van der Waals surface area contributed by atoms with Gasteiger partial charge >= 0.3 is 0 Å². The largest absolute Gasteiger partial charge is 0.456 e. The molecular formula is C12H9ClO2S. The van der Waals surface area contributed by atoms with Gasteiger partial charge in [0.05, 0.1) is 4.88 Å². The molecular weight excluding hydrogens is 244 g/mol. The van der Waals surface area contributed by atoms with E-state index in [4.69, 9.17) is 16.3 Å². The number of carbonyl (C=O) groups is 1. The summed E-state index contributed by atoms with van der Waals surface area (Å²) in [6.07, 6.45) is 0.808. The number of hydrogen-bond acceptors (Lipinski definition) is 3. The van der Waals surface area contributed by atoms with E-state index in [0.29, 0.717) is 21.4 Å². The number of rotatable bonds is 3. The summed E-state index contributed by atoms with van der Waals surface area (Å²) in [5.74, 6) is 1.38. The molecule has 0 radical (unpaired) electrons. The van der Waals surface area contributed by atoms with Crippen LogP contribution in [0.4, 0.5) is 0 Å². The van der Waals surface area contributed by atoms with Crippen LogP contribution in [0.2, 0.25) is 5.02 Å². The highest BCUT2D eigenvalue weighted by molar-refractivity contribution is 7.11. The molecule has 0 bridgehead atoms. The summed E-state index contributed by atoms with van der Waals surface area (Å²) in [6, 6.07) is 7.17. The molecule has 0 aliphatic carbocycles. The lowest BCUT2D eigenvalue weighted by Crippen LogP contribution is -1.85. The Morgan fingerprint density at radius 1 is 1.38 bits per heavy atom. The molecule has 4 heteroatoms. The van der Waals surface area contributed by atoms with Crippen LogP contribution in [-0.4, -0.2) is 6.29 Å². The Bertz CT molecular complexity index is 519. The molecule has 0 N–H and O–H groups in total. The summed E-state index contributed by atoms with van der Waals surface area (Å²) >= 11 is 7.23. The normalized spacial score (nSPS) is 10.1. The van der Waals surface area contributed by atoms with Crippen molar-refractivity contribution in [2.45, 2.75) is 6.92 Å². The van der Waals surface area contributed by atoms with Gasteiger partial charge in [-0.2, -0.15) is 0 Å². The summed E-state index contributed by atoms with van der Waals surface area (Å²) in [4.78, 5) is 11.2. The summed E-state index contributed by atoms with van der Waals surface area (Å²) in [5, 5.41) is 2.43. The zero-order valence-corrected chi connectivity index (χ0v) is 10.1. The number of benzene rings is 1. The fourth-order valence-electron chi connectivity index (χ4n) is 1.26. The molecule has 1 heterocycles. The molecule has 82 valence electrons. The third kappa shape index (κ3) is 2.43. The molecule has 2 nitrogen and oxygen atoms in total. The summed E-state index contributed by atoms with van der Waals surface area (Å²) in [5.41, 5.74) is 1.00. The molecule has 0 saturated heterocycles. The van der Waals surface area contributed by atoms with Crippen molar-refractivity contribution in [3.63, 3.8) is 0 Å². The molecule has 0 amide bonds. The Labute approximate surface area is 102 Å². The second kappa shape index (κ2) is 4.68. The van der Waals surface area contributed by atoms with Crippen LogP contribution in [0, 0.1) is 6.92 Å². The van der Waals surface area contributed by atoms with Crippen LogP contribution < -0.4 is 4.74 Å². The Hall–Kier alpha value is -1.32. The first-order valence-electron chi connectivity index (χ1n) is 4.67. The van der Waals surface area contributed by atoms with E-state index in [-0.39, 0.29) is 0 Å². The van der Waals surface area contributed by atoms with Crippen LogP contribution >= 0.6 is 22.9 Å². The molecule has 16 heavy (non-hydrogen) atoms. The van der Waals surface area contributed by atoms with E-state index in [9.17, 15) is 4.79 Å². The Morgan fingerprint density at radius 2 is 2.19 bits per heavy atom. The lowest BCUT2D eigenvalue weighted by Gasteiger charge is -2.06. The number of ether oxygens (including phenoxy) is 1. The van der Waals surface area contributed by atoms with Gasteiger partial charge in [-0.05, 0) is 24.6 Å². The van der Waals surface area contributed by atoms with Gasteiger partial charge in [-0.3, -0.25) is 4.79 Å². The second-order valence-electron chi connectivity index (χ2n) is 3.31. The van der Waals surface area contributed by atoms with Gasteiger partial charge in [0, 0.05) is 16.5 Å². The van der Waals surface area contributed by atoms with Crippen LogP contribution in [0.1, 0.15) is 15.2 Å². The topological polar surface area (TPSA) is 26.3 Å². The van der Waals surface area contributed by atoms with E-state index < -0.39 is 0 Å². The van der Waals surface area contributed by atoms with Crippen LogP contribution in [0.15, 0.2) is 29.6 Å². The predicted octanol–water partition coefficient (Wildman–Crippen LogP) is 4.31. The lowest BCUT2D eigenvalue weighted by molar-refractivity contribution is 0.112. The smallest absolute Gasteiger partial charge is 0.160 e. The summed E-state index contributed by atoms with van der Waals surface area (Å²) in [7, 11) is 0. The maximum absolute atomic E-state index is 10.5. The molecule has 0 aliphatic rings. The van der Waals surface area contributed by atoms with E-state index in [1.54, 1.807) is 17.5 Å². The highest BCUT2D eigenvalue weighted by atomic mass is 35.5. The van der Waals surface area contributed by atoms with Crippen LogP contribution in [0.3, 0.4) is 0 Å². The lowest BCUT2D eigenvalue weighted by atomic mass is 10.2. The first-order chi connectivity index (χ1) is 7.69. The minimum atomic E-state index is 0.631. The molecule has 0 fully saturated rings. The number of hydrogen-bond donors (Lipinski definition) is 0. The molecule has 1 aromatic heterocycles. The molecule has 0 spiro atoms. The van der Waals surface area contributed by atoms with Gasteiger partial charge in [0.1, 0.15) is 11.5 Å². The average Bonchev–Trinajstić information content (AvgIpc) is 2.71. The van der Waals surface area contributed by atoms with Crippen molar-refractivity contribution in [2.24, 2.45) is 0 Å². The molecule has 0 unspecified atom stereocenters. The number of aldehydes is 1. The molecule has 0 aliphatic heterocycles. The van der Waals surface area contributed by atoms with Gasteiger partial charge in [-0.15, -0.1) is 11.3 Å². The highest BCUT2D eigenvalue weighted by Gasteiger charge is 2.04. The highest BCUT2D eigenvalue weighted by Crippen LogP contribution is 2.30. The van der Waals surface area contributed by atoms with Crippen molar-refractivity contribution < 1.29 is 9.53 Å². The van der Waals surface area contributed by atoms with Gasteiger partial charge in [-0.1, -0.05) is 17.7 Å². The molecule has 0 saturated carbocycles. The molecule has 1 aromatic carbocycles. The molecule has 0 atom stereocenters. The van der Waals surface area contributed by atoms with Crippen molar-refractivity contribution >= 4 is 29.2 Å². The number of thiophene rings is 1. The van der Waals surface area contributed by atoms with Crippen LogP contribution in [0.5, 0.6) is 11.5 Å². The first-order valence-corrected chi connectivity index (χ1v) is 5.92. The standard InChI is InChI=1S/C12H9ClO2S/c1-8-2-3-9(13)4-12(8)15-10-5-11(6-14)16-7-10/h2-7H,1H3. The van der Waals surface area contributed by atoms with E-state index in [2.05, 4.69) is 0 Å². The Morgan fingerprint density at radius 3 is 2.88 bits per heavy atom. The van der Waals surface area contributed by atoms with Crippen molar-refractivity contribution in [1.82, 2.24) is 0 Å². The van der Waals surface area contributed by atoms with Gasteiger partial charge in [0.15, 0.2) is 6.29 Å². The average molecular weight is 253 g/mol. The second-order valence-corrected chi connectivity index (χ2v) is 4.69. The SMILES string of the molecule is Cc1ccc(Cl)cc1Oc1csc(C=O)c1. The van der Waals surface area contributed by atoms with Gasteiger partial charge in [0.25, 0.3) is 0 Å². The number of aryl methyl sites for hydroxylation is 1. The summed E-state index contributed by atoms with van der Waals surface area (Å²) < 4.78 is 5.64. The van der Waals surface area contributed by atoms with Gasteiger partial charge in [-0.25, -0.2) is 0 Å². The zero-order chi connectivity index (χ0) is 11.5. The fraction of sp³-hybridized carbons (Fsp3) is 0.0833. The monoisotopic (exact) mass is 252 g/mol. The number of halogens is 1. The minimum Gasteiger partial charge on any atom is -0.456 e. The Kier molecular flexibility index (Phi) is 3.27. The molecule has 2 rings (SSSR count). The quantitative estimate of drug-likeness (QED) is 0.761. The fourth-order valence-corrected chi connectivity index (χ4v) is 2.03. The van der Waals surface area contributed by atoms with E-state index >= 15 is 0 Å². The third-order valence-corrected chi connectivity index (χ3v) is 3.16. The van der Waals surface area contributed by atoms with E-state index in [1.807, 2.05) is 19.1 Å². The maximum atomic E-state index is 10.5. The van der Waals surface area contributed by atoms with Crippen molar-refractivity contribution in [3.05, 3.63) is 45.1 Å². The predicted molar refractivity (Wildman–Crippen MR) is 66.0 cm³/mol. The maximum Gasteiger partial charge on any atom is 0.160 e.